The van der Waals surface area contributed by atoms with E-state index in [2.05, 4.69) is 39.3 Å². The largest absolute Gasteiger partial charge is 0.370 e. The molecule has 0 radical (unpaired) electrons. The van der Waals surface area contributed by atoms with Crippen LogP contribution in [-0.4, -0.2) is 47.1 Å². The monoisotopic (exact) mass is 291 g/mol. The molecule has 2 N–H and O–H groups in total. The molecule has 0 saturated carbocycles. The fourth-order valence-corrected chi connectivity index (χ4v) is 2.81. The Morgan fingerprint density at radius 3 is 2.62 bits per heavy atom. The predicted molar refractivity (Wildman–Crippen MR) is 88.9 cm³/mol. The van der Waals surface area contributed by atoms with Gasteiger partial charge in [-0.25, -0.2) is 9.97 Å². The Kier molecular flexibility index (Phi) is 6.23. The minimum atomic E-state index is 0.399. The summed E-state index contributed by atoms with van der Waals surface area (Å²) < 4.78 is 0. The van der Waals surface area contributed by atoms with Gasteiger partial charge in [-0.3, -0.25) is 0 Å². The third-order valence-electron chi connectivity index (χ3n) is 3.77. The van der Waals surface area contributed by atoms with Crippen molar-refractivity contribution in [3.63, 3.8) is 0 Å². The van der Waals surface area contributed by atoms with Gasteiger partial charge >= 0.3 is 0 Å². The second-order valence-corrected chi connectivity index (χ2v) is 6.02. The smallest absolute Gasteiger partial charge is 0.132 e. The first-order valence-electron chi connectivity index (χ1n) is 8.26. The molecule has 2 heterocycles. The zero-order valence-electron chi connectivity index (χ0n) is 13.7. The standard InChI is InChI=1S/C16H29N5/c1-4-8-17-15-11-16(20-14(3)19-15)18-13(2)12-21-9-6-5-7-10-21/h11,13H,4-10,12H2,1-3H3,(H2,17,18,19,20). The molecule has 0 aliphatic carbocycles. The number of nitrogens with one attached hydrogen (secondary N) is 2. The topological polar surface area (TPSA) is 53.1 Å². The quantitative estimate of drug-likeness (QED) is 0.809. The van der Waals surface area contributed by atoms with Crippen LogP contribution in [0.25, 0.3) is 0 Å². The zero-order valence-corrected chi connectivity index (χ0v) is 13.7. The highest BCUT2D eigenvalue weighted by atomic mass is 15.2. The minimum Gasteiger partial charge on any atom is -0.370 e. The maximum absolute atomic E-state index is 4.49. The first kappa shape index (κ1) is 16.0. The minimum absolute atomic E-state index is 0.399. The van der Waals surface area contributed by atoms with Gasteiger partial charge in [0.1, 0.15) is 17.5 Å². The highest BCUT2D eigenvalue weighted by molar-refractivity contribution is 5.47. The van der Waals surface area contributed by atoms with E-state index in [1.807, 2.05) is 13.0 Å². The molecule has 0 spiro atoms. The van der Waals surface area contributed by atoms with Crippen molar-refractivity contribution in [3.8, 4) is 0 Å². The molecule has 1 fully saturated rings. The molecule has 1 aromatic rings. The Bertz CT molecular complexity index is 429. The molecule has 0 aromatic carbocycles. The van der Waals surface area contributed by atoms with E-state index < -0.39 is 0 Å². The lowest BCUT2D eigenvalue weighted by Crippen LogP contribution is -2.38. The molecule has 1 aromatic heterocycles. The van der Waals surface area contributed by atoms with E-state index in [0.29, 0.717) is 6.04 Å². The molecule has 1 aliphatic heterocycles. The molecule has 5 heteroatoms. The Morgan fingerprint density at radius 1 is 1.19 bits per heavy atom. The fraction of sp³-hybridized carbons (Fsp3) is 0.750. The van der Waals surface area contributed by atoms with Crippen molar-refractivity contribution in [2.24, 2.45) is 0 Å². The molecule has 1 atom stereocenters. The molecule has 1 saturated heterocycles. The number of aromatic nitrogens is 2. The van der Waals surface area contributed by atoms with Crippen molar-refractivity contribution in [2.75, 3.05) is 36.8 Å². The molecular formula is C16H29N5. The summed E-state index contributed by atoms with van der Waals surface area (Å²) in [6.07, 6.45) is 5.15. The average molecular weight is 291 g/mol. The molecule has 21 heavy (non-hydrogen) atoms. The third kappa shape index (κ3) is 5.50. The number of nitrogens with zero attached hydrogens (tertiary/aromatic N) is 3. The fourth-order valence-electron chi connectivity index (χ4n) is 2.81. The number of piperidine rings is 1. The van der Waals surface area contributed by atoms with Crippen molar-refractivity contribution in [2.45, 2.75) is 52.5 Å². The second kappa shape index (κ2) is 8.17. The summed E-state index contributed by atoms with van der Waals surface area (Å²) in [6, 6.07) is 2.41. The third-order valence-corrected chi connectivity index (χ3v) is 3.77. The molecule has 0 bridgehead atoms. The highest BCUT2D eigenvalue weighted by Gasteiger charge is 2.14. The SMILES string of the molecule is CCCNc1cc(NC(C)CN2CCCCC2)nc(C)n1. The highest BCUT2D eigenvalue weighted by Crippen LogP contribution is 2.14. The normalized spacial score (nSPS) is 17.5. The lowest BCUT2D eigenvalue weighted by Gasteiger charge is -2.29. The average Bonchev–Trinajstić information content (AvgIpc) is 2.45. The molecule has 1 aliphatic rings. The van der Waals surface area contributed by atoms with Gasteiger partial charge in [-0.2, -0.15) is 0 Å². The van der Waals surface area contributed by atoms with Crippen LogP contribution in [0.15, 0.2) is 6.07 Å². The van der Waals surface area contributed by atoms with E-state index in [0.717, 1.165) is 37.0 Å². The van der Waals surface area contributed by atoms with Gasteiger partial charge < -0.3 is 15.5 Å². The van der Waals surface area contributed by atoms with Gasteiger partial charge in [-0.15, -0.1) is 0 Å². The number of likely N-dealkylation sites (tertiary alicyclic amines) is 1. The predicted octanol–water partition coefficient (Wildman–Crippen LogP) is 2.89. The van der Waals surface area contributed by atoms with Crippen LogP contribution in [-0.2, 0) is 0 Å². The first-order valence-corrected chi connectivity index (χ1v) is 8.26. The van der Waals surface area contributed by atoms with Crippen molar-refractivity contribution in [1.82, 2.24) is 14.9 Å². The molecular weight excluding hydrogens is 262 g/mol. The van der Waals surface area contributed by atoms with Gasteiger partial charge in [-0.1, -0.05) is 13.3 Å². The van der Waals surface area contributed by atoms with Gasteiger partial charge in [0.25, 0.3) is 0 Å². The summed E-state index contributed by atoms with van der Waals surface area (Å²) in [5.74, 6) is 2.64. The number of anilines is 2. The molecule has 0 amide bonds. The van der Waals surface area contributed by atoms with Crippen LogP contribution in [0.5, 0.6) is 0 Å². The number of hydrogen-bond donors (Lipinski definition) is 2. The van der Waals surface area contributed by atoms with Crippen molar-refractivity contribution in [1.29, 1.82) is 0 Å². The van der Waals surface area contributed by atoms with Gasteiger partial charge in [0.05, 0.1) is 0 Å². The van der Waals surface area contributed by atoms with E-state index in [9.17, 15) is 0 Å². The number of hydrogen-bond acceptors (Lipinski definition) is 5. The summed E-state index contributed by atoms with van der Waals surface area (Å²) in [6.45, 7) is 10.8. The summed E-state index contributed by atoms with van der Waals surface area (Å²) in [5.41, 5.74) is 0. The van der Waals surface area contributed by atoms with Crippen LogP contribution in [0.1, 0.15) is 45.4 Å². The first-order chi connectivity index (χ1) is 10.2. The number of aryl methyl sites for hydroxylation is 1. The maximum Gasteiger partial charge on any atom is 0.132 e. The van der Waals surface area contributed by atoms with Gasteiger partial charge in [-0.05, 0) is 46.2 Å². The molecule has 118 valence electrons. The number of rotatable bonds is 7. The zero-order chi connectivity index (χ0) is 15.1. The van der Waals surface area contributed by atoms with Gasteiger partial charge in [0.2, 0.25) is 0 Å². The Hall–Kier alpha value is -1.36. The van der Waals surface area contributed by atoms with E-state index in [1.165, 1.54) is 32.4 Å². The van der Waals surface area contributed by atoms with E-state index in [1.54, 1.807) is 0 Å². The molecule has 5 nitrogen and oxygen atoms in total. The summed E-state index contributed by atoms with van der Waals surface area (Å²) in [5, 5.41) is 6.84. The Balaban J connectivity index is 1.89. The second-order valence-electron chi connectivity index (χ2n) is 6.02. The Morgan fingerprint density at radius 2 is 1.90 bits per heavy atom. The van der Waals surface area contributed by atoms with Crippen LogP contribution in [0, 0.1) is 6.92 Å². The Labute approximate surface area is 128 Å². The maximum atomic E-state index is 4.49. The lowest BCUT2D eigenvalue weighted by atomic mass is 10.1. The summed E-state index contributed by atoms with van der Waals surface area (Å²) in [4.78, 5) is 11.5. The molecule has 2 rings (SSSR count). The van der Waals surface area contributed by atoms with Crippen molar-refractivity contribution < 1.29 is 0 Å². The van der Waals surface area contributed by atoms with Crippen molar-refractivity contribution in [3.05, 3.63) is 11.9 Å². The summed E-state index contributed by atoms with van der Waals surface area (Å²) >= 11 is 0. The van der Waals surface area contributed by atoms with E-state index in [4.69, 9.17) is 0 Å². The van der Waals surface area contributed by atoms with Gasteiger partial charge in [0, 0.05) is 25.2 Å². The van der Waals surface area contributed by atoms with E-state index in [-0.39, 0.29) is 0 Å². The van der Waals surface area contributed by atoms with E-state index >= 15 is 0 Å². The van der Waals surface area contributed by atoms with Crippen LogP contribution in [0.4, 0.5) is 11.6 Å². The lowest BCUT2D eigenvalue weighted by molar-refractivity contribution is 0.223. The molecule has 1 unspecified atom stereocenters. The van der Waals surface area contributed by atoms with Crippen LogP contribution < -0.4 is 10.6 Å². The summed E-state index contributed by atoms with van der Waals surface area (Å²) in [7, 11) is 0. The van der Waals surface area contributed by atoms with Gasteiger partial charge in [0.15, 0.2) is 0 Å². The van der Waals surface area contributed by atoms with Crippen LogP contribution in [0.2, 0.25) is 0 Å². The van der Waals surface area contributed by atoms with Crippen LogP contribution >= 0.6 is 0 Å². The van der Waals surface area contributed by atoms with Crippen LogP contribution in [0.3, 0.4) is 0 Å². The van der Waals surface area contributed by atoms with Crippen molar-refractivity contribution >= 4 is 11.6 Å².